The number of nitrogens with zero attached hydrogens (tertiary/aromatic N) is 2. The molecule has 17 heavy (non-hydrogen) atoms. The molecule has 5 heteroatoms. The van der Waals surface area contributed by atoms with Crippen LogP contribution in [0.25, 0.3) is 0 Å². The summed E-state index contributed by atoms with van der Waals surface area (Å²) in [4.78, 5) is 17.9. The number of rotatable bonds is 4. The van der Waals surface area contributed by atoms with E-state index in [9.17, 15) is 4.79 Å². The average molecular weight is 236 g/mol. The lowest BCUT2D eigenvalue weighted by molar-refractivity contribution is 0.110. The van der Waals surface area contributed by atoms with Crippen LogP contribution in [0.4, 0.5) is 4.79 Å². The van der Waals surface area contributed by atoms with Gasteiger partial charge in [0.25, 0.3) is 0 Å². The van der Waals surface area contributed by atoms with Gasteiger partial charge in [-0.15, -0.1) is 6.42 Å². The number of ether oxygens (including phenoxy) is 1. The summed E-state index contributed by atoms with van der Waals surface area (Å²) in [7, 11) is 0. The summed E-state index contributed by atoms with van der Waals surface area (Å²) >= 11 is 0. The molecule has 0 saturated carbocycles. The first-order valence-electron chi connectivity index (χ1n) is 5.47. The zero-order chi connectivity index (χ0) is 12.5. The summed E-state index contributed by atoms with van der Waals surface area (Å²) in [5.41, 5.74) is 0.918. The summed E-state index contributed by atoms with van der Waals surface area (Å²) in [5.74, 6) is 2.31. The van der Waals surface area contributed by atoms with Crippen molar-refractivity contribution in [2.45, 2.75) is 13.3 Å². The molecule has 0 aromatic carbocycles. The van der Waals surface area contributed by atoms with Crippen LogP contribution in [0.15, 0.2) is 16.8 Å². The molecule has 0 unspecified atom stereocenters. The zero-order valence-corrected chi connectivity index (χ0v) is 9.89. The molecule has 1 amide bonds. The van der Waals surface area contributed by atoms with E-state index in [2.05, 4.69) is 11.1 Å². The van der Waals surface area contributed by atoms with Crippen LogP contribution < -0.4 is 0 Å². The molecule has 0 radical (unpaired) electrons. The minimum absolute atomic E-state index is 0.144. The summed E-state index contributed by atoms with van der Waals surface area (Å²) in [5, 5.41) is 3.71. The topological polar surface area (TPSA) is 51.1 Å². The van der Waals surface area contributed by atoms with Gasteiger partial charge in [0.05, 0.1) is 19.4 Å². The fourth-order valence-corrected chi connectivity index (χ4v) is 1.41. The molecule has 1 rings (SSSR count). The molecule has 0 aliphatic carbocycles. The van der Waals surface area contributed by atoms with Crippen molar-refractivity contribution in [2.24, 2.45) is 5.16 Å². The summed E-state index contributed by atoms with van der Waals surface area (Å²) in [6.45, 7) is 3.47. The molecule has 1 heterocycles. The Labute approximate surface area is 101 Å². The molecule has 0 aromatic rings. The van der Waals surface area contributed by atoms with Gasteiger partial charge in [-0.25, -0.2) is 4.79 Å². The highest BCUT2D eigenvalue weighted by Crippen LogP contribution is 2.09. The smallest absolute Gasteiger partial charge is 0.410 e. The number of oxime groups is 1. The average Bonchev–Trinajstić information content (AvgIpc) is 2.35. The Morgan fingerprint density at radius 2 is 2.59 bits per heavy atom. The number of terminal acetylenes is 1. The quantitative estimate of drug-likeness (QED) is 0.321. The maximum Gasteiger partial charge on any atom is 0.410 e. The Hall–Kier alpha value is -1.96. The second-order valence-electron chi connectivity index (χ2n) is 3.40. The van der Waals surface area contributed by atoms with Gasteiger partial charge in [-0.2, -0.15) is 0 Å². The van der Waals surface area contributed by atoms with Crippen LogP contribution in [0.5, 0.6) is 0 Å². The molecule has 0 fully saturated rings. The lowest BCUT2D eigenvalue weighted by Gasteiger charge is -2.24. The fourth-order valence-electron chi connectivity index (χ4n) is 1.41. The van der Waals surface area contributed by atoms with Crippen LogP contribution in [0.1, 0.15) is 13.3 Å². The van der Waals surface area contributed by atoms with Crippen molar-refractivity contribution in [1.29, 1.82) is 0 Å². The monoisotopic (exact) mass is 236 g/mol. The van der Waals surface area contributed by atoms with Gasteiger partial charge in [-0.05, 0) is 18.9 Å². The minimum atomic E-state index is -0.295. The van der Waals surface area contributed by atoms with Crippen LogP contribution in [0, 0.1) is 12.3 Å². The molecule has 0 saturated heterocycles. The highest BCUT2D eigenvalue weighted by Gasteiger charge is 2.18. The fraction of sp³-hybridized carbons (Fsp3) is 0.500. The van der Waals surface area contributed by atoms with Crippen molar-refractivity contribution >= 4 is 12.3 Å². The van der Waals surface area contributed by atoms with Crippen molar-refractivity contribution in [1.82, 2.24) is 4.90 Å². The van der Waals surface area contributed by atoms with Gasteiger partial charge >= 0.3 is 6.09 Å². The Balaban J connectivity index is 2.43. The first-order valence-corrected chi connectivity index (χ1v) is 5.47. The van der Waals surface area contributed by atoms with Crippen molar-refractivity contribution in [3.63, 3.8) is 0 Å². The summed E-state index contributed by atoms with van der Waals surface area (Å²) in [6, 6.07) is 0. The number of carbonyl (C=O) groups is 1. The highest BCUT2D eigenvalue weighted by atomic mass is 16.6. The lowest BCUT2D eigenvalue weighted by Crippen LogP contribution is -2.36. The third-order valence-electron chi connectivity index (χ3n) is 2.15. The van der Waals surface area contributed by atoms with E-state index in [0.29, 0.717) is 19.7 Å². The maximum absolute atomic E-state index is 11.5. The van der Waals surface area contributed by atoms with Gasteiger partial charge < -0.3 is 14.5 Å². The van der Waals surface area contributed by atoms with Gasteiger partial charge in [-0.1, -0.05) is 17.2 Å². The van der Waals surface area contributed by atoms with Crippen molar-refractivity contribution in [3.8, 4) is 12.3 Å². The van der Waals surface area contributed by atoms with Crippen LogP contribution in [-0.2, 0) is 9.57 Å². The first kappa shape index (κ1) is 13.1. The standard InChI is InChI=1S/C12H16N2O3/c1-3-8-17-13-9-11-6-5-7-14(10-11)12(15)16-4-2/h1,6,9H,4-5,7-8,10H2,2H3/b13-9-. The van der Waals surface area contributed by atoms with Crippen LogP contribution >= 0.6 is 0 Å². The zero-order valence-electron chi connectivity index (χ0n) is 9.89. The number of carbonyl (C=O) groups excluding carboxylic acids is 1. The predicted molar refractivity (Wildman–Crippen MR) is 64.6 cm³/mol. The van der Waals surface area contributed by atoms with E-state index in [1.807, 2.05) is 6.08 Å². The normalized spacial score (nSPS) is 15.3. The number of hydrogen-bond acceptors (Lipinski definition) is 4. The third kappa shape index (κ3) is 4.60. The molecular weight excluding hydrogens is 220 g/mol. The summed E-state index contributed by atoms with van der Waals surface area (Å²) in [6.07, 6.45) is 9.09. The number of hydrogen-bond donors (Lipinski definition) is 0. The van der Waals surface area contributed by atoms with Crippen molar-refractivity contribution in [3.05, 3.63) is 11.6 Å². The third-order valence-corrected chi connectivity index (χ3v) is 2.15. The molecule has 1 aliphatic rings. The van der Waals surface area contributed by atoms with Gasteiger partial charge in [-0.3, -0.25) is 0 Å². The second kappa shape index (κ2) is 7.34. The Bertz CT molecular complexity index is 355. The molecule has 0 bridgehead atoms. The van der Waals surface area contributed by atoms with E-state index in [1.165, 1.54) is 0 Å². The van der Waals surface area contributed by atoms with Gasteiger partial charge in [0.15, 0.2) is 6.61 Å². The van der Waals surface area contributed by atoms with E-state index >= 15 is 0 Å². The Morgan fingerprint density at radius 3 is 3.29 bits per heavy atom. The lowest BCUT2D eigenvalue weighted by atomic mass is 10.1. The maximum atomic E-state index is 11.5. The first-order chi connectivity index (χ1) is 8.27. The van der Waals surface area contributed by atoms with Crippen LogP contribution in [-0.4, -0.2) is 43.5 Å². The van der Waals surface area contributed by atoms with E-state index in [-0.39, 0.29) is 12.7 Å². The number of amides is 1. The minimum Gasteiger partial charge on any atom is -0.450 e. The van der Waals surface area contributed by atoms with E-state index < -0.39 is 0 Å². The van der Waals surface area contributed by atoms with E-state index in [4.69, 9.17) is 16.0 Å². The van der Waals surface area contributed by atoms with Crippen molar-refractivity contribution in [2.75, 3.05) is 26.3 Å². The molecule has 5 nitrogen and oxygen atoms in total. The molecule has 0 spiro atoms. The van der Waals surface area contributed by atoms with Crippen LogP contribution in [0.3, 0.4) is 0 Å². The van der Waals surface area contributed by atoms with Crippen molar-refractivity contribution < 1.29 is 14.4 Å². The van der Waals surface area contributed by atoms with E-state index in [1.54, 1.807) is 18.0 Å². The molecule has 0 atom stereocenters. The second-order valence-corrected chi connectivity index (χ2v) is 3.40. The van der Waals surface area contributed by atoms with Gasteiger partial charge in [0.2, 0.25) is 0 Å². The molecule has 92 valence electrons. The van der Waals surface area contributed by atoms with Gasteiger partial charge in [0, 0.05) is 6.54 Å². The SMILES string of the molecule is C#CCO/N=C\C1=CCCN(C(=O)OCC)C1. The predicted octanol–water partition coefficient (Wildman–Crippen LogP) is 1.41. The Morgan fingerprint density at radius 1 is 1.76 bits per heavy atom. The molecular formula is C12H16N2O3. The molecule has 1 aliphatic heterocycles. The largest absolute Gasteiger partial charge is 0.450 e. The highest BCUT2D eigenvalue weighted by molar-refractivity contribution is 5.80. The molecule has 0 aromatic heterocycles. The molecule has 0 N–H and O–H groups in total. The van der Waals surface area contributed by atoms with Crippen LogP contribution in [0.2, 0.25) is 0 Å². The van der Waals surface area contributed by atoms with Gasteiger partial charge in [0.1, 0.15) is 0 Å². The summed E-state index contributed by atoms with van der Waals surface area (Å²) < 4.78 is 4.93. The van der Waals surface area contributed by atoms with E-state index in [0.717, 1.165) is 12.0 Å². The Kier molecular flexibility index (Phi) is 5.66.